The van der Waals surface area contributed by atoms with E-state index in [1.807, 2.05) is 0 Å². The molecular weight excluding hydrogens is 164 g/mol. The lowest BCUT2D eigenvalue weighted by Crippen LogP contribution is -2.22. The number of hydroxylamine groups is 2. The fourth-order valence-corrected chi connectivity index (χ4v) is 0.675. The maximum absolute atomic E-state index is 10.5. The van der Waals surface area contributed by atoms with Gasteiger partial charge in [0, 0.05) is 12.8 Å². The average Bonchev–Trinajstić information content (AvgIpc) is 1.97. The number of hydrogen-bond donors (Lipinski definition) is 3. The van der Waals surface area contributed by atoms with Crippen LogP contribution in [-0.2, 0) is 9.59 Å². The summed E-state index contributed by atoms with van der Waals surface area (Å²) in [5, 5.41) is 15.9. The highest BCUT2D eigenvalue weighted by Crippen LogP contribution is 2.00. The van der Waals surface area contributed by atoms with Crippen LogP contribution in [0, 0.1) is 0 Å². The predicted molar refractivity (Wildman–Crippen MR) is 38.1 cm³/mol. The lowest BCUT2D eigenvalue weighted by molar-refractivity contribution is -0.285. The van der Waals surface area contributed by atoms with E-state index < -0.39 is 17.0 Å². The minimum absolute atomic E-state index is 0.000278. The molecule has 12 heavy (non-hydrogen) atoms. The van der Waals surface area contributed by atoms with Crippen LogP contribution in [0.1, 0.15) is 25.7 Å². The maximum Gasteiger partial charge on any atom is 0.273 e. The van der Waals surface area contributed by atoms with Crippen molar-refractivity contribution in [1.29, 1.82) is 0 Å². The minimum Gasteiger partial charge on any atom is -0.370 e. The summed E-state index contributed by atoms with van der Waals surface area (Å²) < 4.78 is 0. The molecule has 0 heterocycles. The smallest absolute Gasteiger partial charge is 0.273 e. The van der Waals surface area contributed by atoms with Gasteiger partial charge in [-0.05, 0) is 12.8 Å². The predicted octanol–water partition coefficient (Wildman–Crippen LogP) is -0.361. The molecular formula is C6H12N2O4. The van der Waals surface area contributed by atoms with Gasteiger partial charge in [-0.3, -0.25) is 20.0 Å². The van der Waals surface area contributed by atoms with Crippen molar-refractivity contribution >= 4 is 11.8 Å². The molecule has 0 aromatic heterocycles. The van der Waals surface area contributed by atoms with Crippen LogP contribution in [0.5, 0.6) is 0 Å². The Kier molecular flexibility index (Phi) is 4.98. The molecule has 4 N–H and O–H groups in total. The lowest BCUT2D eigenvalue weighted by Gasteiger charge is -2.04. The molecule has 0 unspecified atom stereocenters. The zero-order valence-corrected chi connectivity index (χ0v) is 6.56. The maximum atomic E-state index is 10.5. The third-order valence-electron chi connectivity index (χ3n) is 1.29. The highest BCUT2D eigenvalue weighted by atomic mass is 16.8. The zero-order chi connectivity index (χ0) is 9.56. The molecule has 0 aliphatic heterocycles. The SMILES string of the molecule is NC(=O)CCCCC(=O)N(O)O. The van der Waals surface area contributed by atoms with Crippen molar-refractivity contribution in [2.75, 3.05) is 0 Å². The Bertz CT molecular complexity index is 169. The summed E-state index contributed by atoms with van der Waals surface area (Å²) in [7, 11) is 0. The third-order valence-corrected chi connectivity index (χ3v) is 1.29. The van der Waals surface area contributed by atoms with E-state index in [-0.39, 0.29) is 12.8 Å². The third kappa shape index (κ3) is 5.63. The van der Waals surface area contributed by atoms with Crippen molar-refractivity contribution in [1.82, 2.24) is 5.23 Å². The summed E-state index contributed by atoms with van der Waals surface area (Å²) in [4.78, 5) is 20.7. The molecule has 0 rings (SSSR count). The number of amides is 2. The number of unbranched alkanes of at least 4 members (excludes halogenated alkanes) is 1. The van der Waals surface area contributed by atoms with Crippen molar-refractivity contribution in [3.63, 3.8) is 0 Å². The largest absolute Gasteiger partial charge is 0.370 e. The van der Waals surface area contributed by atoms with E-state index in [0.717, 1.165) is 0 Å². The fraction of sp³-hybridized carbons (Fsp3) is 0.667. The summed E-state index contributed by atoms with van der Waals surface area (Å²) >= 11 is 0. The molecule has 0 bridgehead atoms. The molecule has 0 atom stereocenters. The Morgan fingerprint density at radius 2 is 1.67 bits per heavy atom. The van der Waals surface area contributed by atoms with Gasteiger partial charge >= 0.3 is 0 Å². The van der Waals surface area contributed by atoms with Crippen molar-refractivity contribution in [3.05, 3.63) is 0 Å². The molecule has 0 fully saturated rings. The number of primary amides is 1. The highest BCUT2D eigenvalue weighted by Gasteiger charge is 2.06. The van der Waals surface area contributed by atoms with E-state index in [1.54, 1.807) is 0 Å². The molecule has 6 nitrogen and oxygen atoms in total. The Balaban J connectivity index is 3.32. The van der Waals surface area contributed by atoms with Gasteiger partial charge in [0.05, 0.1) is 0 Å². The van der Waals surface area contributed by atoms with Crippen molar-refractivity contribution in [3.8, 4) is 0 Å². The Morgan fingerprint density at radius 3 is 2.08 bits per heavy atom. The van der Waals surface area contributed by atoms with Gasteiger partial charge in [0.1, 0.15) is 0 Å². The number of hydrogen-bond acceptors (Lipinski definition) is 4. The standard InChI is InChI=1S/C6H12N2O4/c7-5(9)3-1-2-4-6(10)8(11)12/h11-12H,1-4H2,(H2,7,9). The van der Waals surface area contributed by atoms with Gasteiger partial charge in [0.15, 0.2) is 0 Å². The van der Waals surface area contributed by atoms with Crippen molar-refractivity contribution in [2.45, 2.75) is 25.7 Å². The number of nitrogens with two attached hydrogens (primary N) is 1. The number of rotatable bonds is 5. The molecule has 0 aromatic rings. The first-order chi connectivity index (χ1) is 5.54. The van der Waals surface area contributed by atoms with Gasteiger partial charge in [-0.25, -0.2) is 0 Å². The molecule has 0 radical (unpaired) electrons. The van der Waals surface area contributed by atoms with Gasteiger partial charge in [-0.2, -0.15) is 0 Å². The second-order valence-corrected chi connectivity index (χ2v) is 2.36. The minimum atomic E-state index is -0.792. The zero-order valence-electron chi connectivity index (χ0n) is 6.56. The van der Waals surface area contributed by atoms with Gasteiger partial charge in [-0.15, -0.1) is 0 Å². The second-order valence-electron chi connectivity index (χ2n) is 2.36. The number of carbonyl (C=O) groups excluding carboxylic acids is 2. The Labute approximate surface area is 69.5 Å². The molecule has 0 spiro atoms. The second kappa shape index (κ2) is 5.50. The first kappa shape index (κ1) is 10.9. The van der Waals surface area contributed by atoms with Crippen LogP contribution in [0.25, 0.3) is 0 Å². The molecule has 0 saturated heterocycles. The molecule has 0 saturated carbocycles. The van der Waals surface area contributed by atoms with Crippen LogP contribution in [0.15, 0.2) is 0 Å². The number of nitrogens with zero attached hydrogens (tertiary/aromatic N) is 1. The molecule has 0 aliphatic rings. The molecule has 6 heteroatoms. The topological polar surface area (TPSA) is 104 Å². The average molecular weight is 176 g/mol. The van der Waals surface area contributed by atoms with E-state index in [2.05, 4.69) is 0 Å². The first-order valence-corrected chi connectivity index (χ1v) is 3.53. The summed E-state index contributed by atoms with van der Waals surface area (Å²) in [6.07, 6.45) is 1.11. The van der Waals surface area contributed by atoms with Crippen LogP contribution in [0.2, 0.25) is 0 Å². The summed E-state index contributed by atoms with van der Waals surface area (Å²) in [6.45, 7) is 0. The highest BCUT2D eigenvalue weighted by molar-refractivity contribution is 5.74. The Hall–Kier alpha value is -1.14. The summed E-state index contributed by atoms with van der Waals surface area (Å²) in [5.41, 5.74) is 4.84. The molecule has 0 aromatic carbocycles. The van der Waals surface area contributed by atoms with Crippen LogP contribution in [0.3, 0.4) is 0 Å². The molecule has 2 amide bonds. The van der Waals surface area contributed by atoms with Gasteiger partial charge in [0.25, 0.3) is 5.91 Å². The molecule has 0 aliphatic carbocycles. The van der Waals surface area contributed by atoms with Gasteiger partial charge in [0.2, 0.25) is 5.91 Å². The summed E-state index contributed by atoms with van der Waals surface area (Å²) in [6, 6.07) is 0. The van der Waals surface area contributed by atoms with E-state index in [1.165, 1.54) is 0 Å². The van der Waals surface area contributed by atoms with Crippen LogP contribution < -0.4 is 5.73 Å². The molecule has 70 valence electrons. The van der Waals surface area contributed by atoms with Crippen molar-refractivity contribution < 1.29 is 20.0 Å². The fourth-order valence-electron chi connectivity index (χ4n) is 0.675. The van der Waals surface area contributed by atoms with E-state index in [4.69, 9.17) is 16.1 Å². The van der Waals surface area contributed by atoms with E-state index in [9.17, 15) is 9.59 Å². The first-order valence-electron chi connectivity index (χ1n) is 3.53. The van der Waals surface area contributed by atoms with E-state index >= 15 is 0 Å². The van der Waals surface area contributed by atoms with Crippen LogP contribution >= 0.6 is 0 Å². The van der Waals surface area contributed by atoms with Crippen molar-refractivity contribution in [2.24, 2.45) is 5.73 Å². The summed E-state index contributed by atoms with van der Waals surface area (Å²) in [5.74, 6) is -1.22. The van der Waals surface area contributed by atoms with Gasteiger partial charge < -0.3 is 5.73 Å². The van der Waals surface area contributed by atoms with E-state index in [0.29, 0.717) is 12.8 Å². The monoisotopic (exact) mass is 176 g/mol. The Morgan fingerprint density at radius 1 is 1.17 bits per heavy atom. The van der Waals surface area contributed by atoms with Crippen LogP contribution in [0.4, 0.5) is 0 Å². The quantitative estimate of drug-likeness (QED) is 0.302. The van der Waals surface area contributed by atoms with Crippen LogP contribution in [-0.4, -0.2) is 27.5 Å². The number of carbonyl (C=O) groups is 2. The normalized spacial score (nSPS) is 9.50. The van der Waals surface area contributed by atoms with Gasteiger partial charge in [-0.1, -0.05) is 5.23 Å². The lowest BCUT2D eigenvalue weighted by atomic mass is 10.2.